The minimum atomic E-state index is -1.12. The van der Waals surface area contributed by atoms with Gasteiger partial charge in [0.25, 0.3) is 5.91 Å². The highest BCUT2D eigenvalue weighted by molar-refractivity contribution is 7.98. The van der Waals surface area contributed by atoms with E-state index < -0.39 is 29.6 Å². The molecule has 0 fully saturated rings. The average molecular weight is 356 g/mol. The van der Waals surface area contributed by atoms with Crippen LogP contribution >= 0.6 is 11.8 Å². The van der Waals surface area contributed by atoms with Gasteiger partial charge in [0.05, 0.1) is 6.54 Å². The Labute approximate surface area is 144 Å². The molecule has 8 heteroatoms. The molecule has 3 N–H and O–H groups in total. The van der Waals surface area contributed by atoms with Gasteiger partial charge in [0.15, 0.2) is 0 Å². The van der Waals surface area contributed by atoms with Crippen LogP contribution in [0.4, 0.5) is 4.39 Å². The summed E-state index contributed by atoms with van der Waals surface area (Å²) in [4.78, 5) is 35.2. The Bertz CT molecular complexity index is 622. The fourth-order valence-electron chi connectivity index (χ4n) is 2.00. The molecule has 0 aliphatic rings. The molecule has 0 radical (unpaired) electrons. The molecule has 1 rings (SSSR count). The van der Waals surface area contributed by atoms with E-state index in [0.717, 1.165) is 0 Å². The number of benzene rings is 1. The zero-order chi connectivity index (χ0) is 18.3. The maximum absolute atomic E-state index is 13.4. The number of rotatable bonds is 8. The number of carboxylic acids is 1. The molecule has 0 saturated heterocycles. The van der Waals surface area contributed by atoms with E-state index in [9.17, 15) is 18.8 Å². The number of carboxylic acid groups (broad SMARTS) is 1. The lowest BCUT2D eigenvalue weighted by Crippen LogP contribution is -2.46. The molecule has 0 saturated carbocycles. The monoisotopic (exact) mass is 356 g/mol. The highest BCUT2D eigenvalue weighted by Gasteiger charge is 2.21. The summed E-state index contributed by atoms with van der Waals surface area (Å²) in [5.41, 5.74) is 0.227. The smallest absolute Gasteiger partial charge is 0.326 e. The van der Waals surface area contributed by atoms with Gasteiger partial charge in [-0.2, -0.15) is 0 Å². The molecular weight excluding hydrogens is 335 g/mol. The van der Waals surface area contributed by atoms with Crippen molar-refractivity contribution in [2.24, 2.45) is 5.92 Å². The molecule has 0 heterocycles. The highest BCUT2D eigenvalue weighted by Crippen LogP contribution is 2.20. The molecule has 1 atom stereocenters. The fourth-order valence-corrected chi connectivity index (χ4v) is 2.51. The van der Waals surface area contributed by atoms with Crippen molar-refractivity contribution in [2.45, 2.75) is 31.2 Å². The van der Waals surface area contributed by atoms with Crippen molar-refractivity contribution < 1.29 is 23.9 Å². The standard InChI is InChI=1S/C16H21FN2O4S/c1-9(2)6-12(16(22)23)19-14(20)8-18-15(21)10-4-5-11(17)13(7-10)24-3/h4-5,7,9,12H,6,8H2,1-3H3,(H,18,21)(H,19,20)(H,22,23)/t12-/m0/s1. The summed E-state index contributed by atoms with van der Waals surface area (Å²) in [7, 11) is 0. The molecule has 1 aromatic rings. The molecule has 0 aromatic heterocycles. The molecule has 0 spiro atoms. The van der Waals surface area contributed by atoms with Gasteiger partial charge in [-0.05, 0) is 36.8 Å². The molecular formula is C16H21FN2O4S. The van der Waals surface area contributed by atoms with Gasteiger partial charge in [0.1, 0.15) is 11.9 Å². The number of nitrogens with one attached hydrogen (secondary N) is 2. The van der Waals surface area contributed by atoms with Crippen LogP contribution in [0.1, 0.15) is 30.6 Å². The van der Waals surface area contributed by atoms with Crippen LogP contribution in [0.15, 0.2) is 23.1 Å². The van der Waals surface area contributed by atoms with E-state index in [-0.39, 0.29) is 18.0 Å². The second kappa shape index (κ2) is 9.27. The summed E-state index contributed by atoms with van der Waals surface area (Å²) in [5.74, 6) is -2.56. The zero-order valence-corrected chi connectivity index (χ0v) is 14.6. The first-order valence-corrected chi connectivity index (χ1v) is 8.61. The van der Waals surface area contributed by atoms with Gasteiger partial charge >= 0.3 is 5.97 Å². The normalized spacial score (nSPS) is 11.9. The lowest BCUT2D eigenvalue weighted by atomic mass is 10.0. The van der Waals surface area contributed by atoms with Gasteiger partial charge in [-0.3, -0.25) is 9.59 Å². The third-order valence-corrected chi connectivity index (χ3v) is 3.92. The van der Waals surface area contributed by atoms with Gasteiger partial charge in [-0.1, -0.05) is 13.8 Å². The van der Waals surface area contributed by atoms with Crippen LogP contribution in [0.3, 0.4) is 0 Å². The summed E-state index contributed by atoms with van der Waals surface area (Å²) < 4.78 is 13.4. The summed E-state index contributed by atoms with van der Waals surface area (Å²) >= 11 is 1.17. The largest absolute Gasteiger partial charge is 0.480 e. The Morgan fingerprint density at radius 3 is 2.50 bits per heavy atom. The molecule has 2 amide bonds. The third kappa shape index (κ3) is 6.19. The van der Waals surface area contributed by atoms with Crippen molar-refractivity contribution >= 4 is 29.5 Å². The van der Waals surface area contributed by atoms with Crippen molar-refractivity contribution in [1.82, 2.24) is 10.6 Å². The molecule has 0 unspecified atom stereocenters. The second-order valence-electron chi connectivity index (χ2n) is 5.62. The van der Waals surface area contributed by atoms with E-state index >= 15 is 0 Å². The van der Waals surface area contributed by atoms with Crippen molar-refractivity contribution in [3.05, 3.63) is 29.6 Å². The molecule has 1 aromatic carbocycles. The minimum Gasteiger partial charge on any atom is -0.480 e. The Morgan fingerprint density at radius 1 is 1.29 bits per heavy atom. The van der Waals surface area contributed by atoms with Gasteiger partial charge in [0, 0.05) is 10.5 Å². The Hall–Kier alpha value is -2.09. The Morgan fingerprint density at radius 2 is 1.96 bits per heavy atom. The highest BCUT2D eigenvalue weighted by atomic mass is 32.2. The van der Waals surface area contributed by atoms with Crippen molar-refractivity contribution in [3.63, 3.8) is 0 Å². The molecule has 0 bridgehead atoms. The van der Waals surface area contributed by atoms with E-state index in [2.05, 4.69) is 10.6 Å². The lowest BCUT2D eigenvalue weighted by Gasteiger charge is -2.16. The molecule has 0 aliphatic heterocycles. The van der Waals surface area contributed by atoms with E-state index in [1.165, 1.54) is 30.0 Å². The first kappa shape index (κ1) is 20.0. The van der Waals surface area contributed by atoms with E-state index in [1.807, 2.05) is 13.8 Å². The summed E-state index contributed by atoms with van der Waals surface area (Å²) in [6, 6.07) is 2.90. The number of amides is 2. The van der Waals surface area contributed by atoms with Crippen LogP contribution in [0.2, 0.25) is 0 Å². The number of carbonyl (C=O) groups is 3. The van der Waals surface area contributed by atoms with Gasteiger partial charge in [-0.25, -0.2) is 9.18 Å². The molecule has 6 nitrogen and oxygen atoms in total. The quantitative estimate of drug-likeness (QED) is 0.618. The van der Waals surface area contributed by atoms with Crippen LogP contribution in [-0.2, 0) is 9.59 Å². The van der Waals surface area contributed by atoms with E-state index in [0.29, 0.717) is 11.3 Å². The van der Waals surface area contributed by atoms with Crippen molar-refractivity contribution in [1.29, 1.82) is 0 Å². The molecule has 24 heavy (non-hydrogen) atoms. The van der Waals surface area contributed by atoms with Gasteiger partial charge in [0.2, 0.25) is 5.91 Å². The van der Waals surface area contributed by atoms with Crippen molar-refractivity contribution in [3.8, 4) is 0 Å². The summed E-state index contributed by atoms with van der Waals surface area (Å²) in [6.07, 6.45) is 1.98. The van der Waals surface area contributed by atoms with Crippen LogP contribution in [0.5, 0.6) is 0 Å². The van der Waals surface area contributed by atoms with Crippen LogP contribution in [0, 0.1) is 11.7 Å². The number of aliphatic carboxylic acids is 1. The number of hydrogen-bond donors (Lipinski definition) is 3. The first-order chi connectivity index (χ1) is 11.2. The average Bonchev–Trinajstić information content (AvgIpc) is 2.51. The van der Waals surface area contributed by atoms with Gasteiger partial charge < -0.3 is 15.7 Å². The number of carbonyl (C=O) groups excluding carboxylic acids is 2. The van der Waals surface area contributed by atoms with E-state index in [1.54, 1.807) is 6.26 Å². The minimum absolute atomic E-state index is 0.102. The molecule has 0 aliphatic carbocycles. The fraction of sp³-hybridized carbons (Fsp3) is 0.438. The SMILES string of the molecule is CSc1cc(C(=O)NCC(=O)N[C@@H](CC(C)C)C(=O)O)ccc1F. The summed E-state index contributed by atoms with van der Waals surface area (Å²) in [5, 5.41) is 13.8. The number of thioether (sulfide) groups is 1. The number of halogens is 1. The second-order valence-corrected chi connectivity index (χ2v) is 6.47. The third-order valence-electron chi connectivity index (χ3n) is 3.16. The lowest BCUT2D eigenvalue weighted by molar-refractivity contribution is -0.142. The zero-order valence-electron chi connectivity index (χ0n) is 13.8. The maximum atomic E-state index is 13.4. The van der Waals surface area contributed by atoms with E-state index in [4.69, 9.17) is 5.11 Å². The Balaban J connectivity index is 2.60. The Kier molecular flexibility index (Phi) is 7.70. The number of hydrogen-bond acceptors (Lipinski definition) is 4. The van der Waals surface area contributed by atoms with Crippen LogP contribution in [-0.4, -0.2) is 41.7 Å². The van der Waals surface area contributed by atoms with Crippen LogP contribution < -0.4 is 10.6 Å². The van der Waals surface area contributed by atoms with Crippen LogP contribution in [0.25, 0.3) is 0 Å². The van der Waals surface area contributed by atoms with Gasteiger partial charge in [-0.15, -0.1) is 11.8 Å². The topological polar surface area (TPSA) is 95.5 Å². The predicted octanol–water partition coefficient (Wildman–Crippen LogP) is 1.89. The maximum Gasteiger partial charge on any atom is 0.326 e. The molecule has 132 valence electrons. The first-order valence-electron chi connectivity index (χ1n) is 7.38. The van der Waals surface area contributed by atoms with Crippen molar-refractivity contribution in [2.75, 3.05) is 12.8 Å². The summed E-state index contributed by atoms with van der Waals surface area (Å²) in [6.45, 7) is 3.34. The predicted molar refractivity (Wildman–Crippen MR) is 89.5 cm³/mol.